The topological polar surface area (TPSA) is 67.9 Å². The van der Waals surface area contributed by atoms with Crippen molar-refractivity contribution < 1.29 is 13.9 Å². The number of nitrogens with zero attached hydrogens (tertiary/aromatic N) is 2. The van der Waals surface area contributed by atoms with Gasteiger partial charge in [0.15, 0.2) is 0 Å². The summed E-state index contributed by atoms with van der Waals surface area (Å²) >= 11 is 0. The van der Waals surface area contributed by atoms with Crippen LogP contribution in [-0.2, 0) is 4.74 Å². The molecule has 0 aromatic heterocycles. The number of benzene rings is 1. The van der Waals surface area contributed by atoms with Gasteiger partial charge in [-0.05, 0) is 58.4 Å². The van der Waals surface area contributed by atoms with Crippen LogP contribution in [0.25, 0.3) is 5.70 Å². The highest BCUT2D eigenvalue weighted by Crippen LogP contribution is 2.12. The number of halogens is 1. The molecule has 0 saturated heterocycles. The van der Waals surface area contributed by atoms with E-state index in [4.69, 9.17) is 10.5 Å². The highest BCUT2D eigenvalue weighted by atomic mass is 19.1. The van der Waals surface area contributed by atoms with Gasteiger partial charge in [-0.1, -0.05) is 12.1 Å². The highest BCUT2D eigenvalue weighted by molar-refractivity contribution is 5.83. The first-order chi connectivity index (χ1) is 11.6. The molecule has 1 aromatic rings. The first-order valence-electron chi connectivity index (χ1n) is 8.35. The summed E-state index contributed by atoms with van der Waals surface area (Å²) < 4.78 is 18.3. The van der Waals surface area contributed by atoms with Gasteiger partial charge in [0.25, 0.3) is 0 Å². The van der Waals surface area contributed by atoms with Gasteiger partial charge < -0.3 is 15.4 Å². The molecule has 0 aliphatic heterocycles. The molecule has 0 saturated carbocycles. The molecule has 2 N–H and O–H groups in total. The van der Waals surface area contributed by atoms with Crippen LogP contribution in [0.4, 0.5) is 9.18 Å². The fraction of sp³-hybridized carbons (Fsp3) is 0.474. The molecule has 1 aromatic carbocycles. The first kappa shape index (κ1) is 20.7. The Balaban J connectivity index is 2.62. The highest BCUT2D eigenvalue weighted by Gasteiger charge is 2.24. The third kappa shape index (κ3) is 7.37. The maximum Gasteiger partial charge on any atom is 0.410 e. The number of allylic oxidation sites excluding steroid dienone is 1. The lowest BCUT2D eigenvalue weighted by Gasteiger charge is -2.30. The van der Waals surface area contributed by atoms with E-state index in [9.17, 15) is 9.18 Å². The van der Waals surface area contributed by atoms with E-state index in [0.717, 1.165) is 5.56 Å². The summed E-state index contributed by atoms with van der Waals surface area (Å²) in [7, 11) is 0. The second-order valence-electron chi connectivity index (χ2n) is 6.76. The molecule has 5 nitrogen and oxygen atoms in total. The largest absolute Gasteiger partial charge is 0.444 e. The van der Waals surface area contributed by atoms with E-state index in [-0.39, 0.29) is 18.0 Å². The van der Waals surface area contributed by atoms with Crippen molar-refractivity contribution in [3.63, 3.8) is 0 Å². The number of carbonyl (C=O) groups is 1. The summed E-state index contributed by atoms with van der Waals surface area (Å²) in [6.45, 7) is 10.3. The molecule has 25 heavy (non-hydrogen) atoms. The van der Waals surface area contributed by atoms with Crippen molar-refractivity contribution in [2.45, 2.75) is 46.3 Å². The lowest BCUT2D eigenvalue weighted by molar-refractivity contribution is 0.0196. The molecular weight excluding hydrogens is 321 g/mol. The van der Waals surface area contributed by atoms with Crippen molar-refractivity contribution in [1.82, 2.24) is 4.90 Å². The van der Waals surface area contributed by atoms with Crippen LogP contribution >= 0.6 is 0 Å². The summed E-state index contributed by atoms with van der Waals surface area (Å²) in [5, 5.41) is 0. The van der Waals surface area contributed by atoms with Gasteiger partial charge in [0, 0.05) is 18.5 Å². The zero-order chi connectivity index (χ0) is 19.0. The molecule has 138 valence electrons. The van der Waals surface area contributed by atoms with E-state index >= 15 is 0 Å². The second-order valence-corrected chi connectivity index (χ2v) is 6.76. The number of carbonyl (C=O) groups excluding carboxylic acids is 1. The Bertz CT molecular complexity index is 619. The van der Waals surface area contributed by atoms with Gasteiger partial charge in [0.2, 0.25) is 0 Å². The minimum atomic E-state index is -0.528. The monoisotopic (exact) mass is 349 g/mol. The number of nitrogens with two attached hydrogens (primary N) is 1. The van der Waals surface area contributed by atoms with Gasteiger partial charge in [-0.15, -0.1) is 0 Å². The Kier molecular flexibility index (Phi) is 7.61. The predicted octanol–water partition coefficient (Wildman–Crippen LogP) is 3.84. The lowest BCUT2D eigenvalue weighted by Crippen LogP contribution is -2.43. The number of likely N-dealkylation sites (N-methyl/N-ethyl adjacent to an activating group) is 1. The molecule has 0 aliphatic rings. The second kappa shape index (κ2) is 9.20. The van der Waals surface area contributed by atoms with Crippen LogP contribution < -0.4 is 5.73 Å². The van der Waals surface area contributed by atoms with E-state index in [1.54, 1.807) is 29.3 Å². The Morgan fingerprint density at radius 3 is 2.48 bits per heavy atom. The molecule has 1 atom stereocenters. The molecule has 0 radical (unpaired) electrons. The maximum absolute atomic E-state index is 12.9. The van der Waals surface area contributed by atoms with Crippen molar-refractivity contribution in [2.24, 2.45) is 10.7 Å². The number of hydrogen-bond acceptors (Lipinski definition) is 4. The fourth-order valence-electron chi connectivity index (χ4n) is 2.12. The minimum absolute atomic E-state index is 0.100. The maximum atomic E-state index is 12.9. The number of aliphatic imine (C=N–C) groups is 1. The van der Waals surface area contributed by atoms with E-state index in [1.807, 2.05) is 34.6 Å². The Morgan fingerprint density at radius 1 is 1.36 bits per heavy atom. The number of amides is 1. The SMILES string of the molecule is CCN(C(=O)OC(C)(C)C)[C@H](C)CN=CC=C(N)c1ccc(F)cc1. The minimum Gasteiger partial charge on any atom is -0.444 e. The smallest absolute Gasteiger partial charge is 0.410 e. The Morgan fingerprint density at radius 2 is 1.96 bits per heavy atom. The number of rotatable bonds is 6. The van der Waals surface area contributed by atoms with Crippen LogP contribution in [0.15, 0.2) is 35.3 Å². The zero-order valence-corrected chi connectivity index (χ0v) is 15.6. The summed E-state index contributed by atoms with van der Waals surface area (Å²) in [6.07, 6.45) is 2.90. The van der Waals surface area contributed by atoms with Gasteiger partial charge in [-0.2, -0.15) is 0 Å². The summed E-state index contributed by atoms with van der Waals surface area (Å²) in [5.41, 5.74) is 6.62. The quantitative estimate of drug-likeness (QED) is 0.793. The molecule has 0 fully saturated rings. The third-order valence-corrected chi connectivity index (χ3v) is 3.41. The van der Waals surface area contributed by atoms with E-state index in [1.165, 1.54) is 12.1 Å². The summed E-state index contributed by atoms with van der Waals surface area (Å²) in [6, 6.07) is 5.83. The van der Waals surface area contributed by atoms with Crippen LogP contribution in [0, 0.1) is 5.82 Å². The van der Waals surface area contributed by atoms with Crippen LogP contribution in [0.2, 0.25) is 0 Å². The lowest BCUT2D eigenvalue weighted by atomic mass is 10.1. The van der Waals surface area contributed by atoms with Crippen molar-refractivity contribution in [2.75, 3.05) is 13.1 Å². The van der Waals surface area contributed by atoms with E-state index < -0.39 is 5.60 Å². The molecule has 0 aliphatic carbocycles. The summed E-state index contributed by atoms with van der Waals surface area (Å²) in [4.78, 5) is 18.1. The summed E-state index contributed by atoms with van der Waals surface area (Å²) in [5.74, 6) is -0.305. The third-order valence-electron chi connectivity index (χ3n) is 3.41. The zero-order valence-electron chi connectivity index (χ0n) is 15.6. The molecule has 0 bridgehead atoms. The normalized spacial score (nSPS) is 13.8. The molecule has 6 heteroatoms. The van der Waals surface area contributed by atoms with Gasteiger partial charge in [-0.3, -0.25) is 4.99 Å². The van der Waals surface area contributed by atoms with Crippen LogP contribution in [0.3, 0.4) is 0 Å². The Labute approximate surface area is 149 Å². The van der Waals surface area contributed by atoms with E-state index in [0.29, 0.717) is 18.8 Å². The fourth-order valence-corrected chi connectivity index (χ4v) is 2.12. The average Bonchev–Trinajstić information content (AvgIpc) is 2.51. The molecule has 1 amide bonds. The average molecular weight is 349 g/mol. The van der Waals surface area contributed by atoms with Gasteiger partial charge in [0.05, 0.1) is 12.6 Å². The molecule has 0 spiro atoms. The number of hydrogen-bond donors (Lipinski definition) is 1. The van der Waals surface area contributed by atoms with Gasteiger partial charge in [0.1, 0.15) is 11.4 Å². The van der Waals surface area contributed by atoms with Gasteiger partial charge >= 0.3 is 6.09 Å². The Hall–Kier alpha value is -2.37. The van der Waals surface area contributed by atoms with Gasteiger partial charge in [-0.25, -0.2) is 9.18 Å². The van der Waals surface area contributed by atoms with E-state index in [2.05, 4.69) is 4.99 Å². The molecule has 0 heterocycles. The number of ether oxygens (including phenoxy) is 1. The molecule has 1 rings (SSSR count). The molecular formula is C19H28FN3O2. The standard InChI is InChI=1S/C19H28FN3O2/c1-6-23(18(24)25-19(3,4)5)14(2)13-22-12-11-17(21)15-7-9-16(20)10-8-15/h7-12,14H,6,13,21H2,1-5H3/t14-/m1/s1. The van der Waals surface area contributed by atoms with Crippen molar-refractivity contribution in [3.8, 4) is 0 Å². The van der Waals surface area contributed by atoms with Crippen LogP contribution in [0.1, 0.15) is 40.2 Å². The molecule has 0 unspecified atom stereocenters. The van der Waals surface area contributed by atoms with Crippen molar-refractivity contribution >= 4 is 18.0 Å². The first-order valence-corrected chi connectivity index (χ1v) is 8.35. The predicted molar refractivity (Wildman–Crippen MR) is 100.0 cm³/mol. The van der Waals surface area contributed by atoms with Crippen LogP contribution in [0.5, 0.6) is 0 Å². The van der Waals surface area contributed by atoms with Crippen LogP contribution in [-0.4, -0.2) is 41.9 Å². The van der Waals surface area contributed by atoms with Crippen molar-refractivity contribution in [1.29, 1.82) is 0 Å². The van der Waals surface area contributed by atoms with Crippen molar-refractivity contribution in [3.05, 3.63) is 41.7 Å².